The van der Waals surface area contributed by atoms with Crippen molar-refractivity contribution in [2.24, 2.45) is 0 Å². The van der Waals surface area contributed by atoms with Crippen molar-refractivity contribution in [2.45, 2.75) is 0 Å². The van der Waals surface area contributed by atoms with E-state index in [9.17, 15) is 14.9 Å². The van der Waals surface area contributed by atoms with Gasteiger partial charge in [-0.15, -0.1) is 0 Å². The molecule has 2 aromatic carbocycles. The second-order valence-corrected chi connectivity index (χ2v) is 7.33. The van der Waals surface area contributed by atoms with E-state index in [2.05, 4.69) is 15.1 Å². The van der Waals surface area contributed by atoms with E-state index in [1.165, 1.54) is 18.2 Å². The molecular weight excluding hydrogens is 403 g/mol. The van der Waals surface area contributed by atoms with Gasteiger partial charge in [-0.25, -0.2) is 0 Å². The number of anilines is 1. The van der Waals surface area contributed by atoms with Crippen molar-refractivity contribution in [3.05, 3.63) is 68.2 Å². The molecule has 1 heterocycles. The highest BCUT2D eigenvalue weighted by molar-refractivity contribution is 6.34. The average molecular weight is 423 g/mol. The molecule has 2 aromatic rings. The predicted molar refractivity (Wildman–Crippen MR) is 111 cm³/mol. The van der Waals surface area contributed by atoms with Crippen LogP contribution >= 0.6 is 23.2 Å². The number of nitro groups is 1. The first-order valence-corrected chi connectivity index (χ1v) is 9.64. The molecule has 0 unspecified atom stereocenters. The molecular formula is C19H20Cl2N4O3. The molecule has 0 aromatic heterocycles. The van der Waals surface area contributed by atoms with Crippen LogP contribution in [0.5, 0.6) is 0 Å². The Morgan fingerprint density at radius 3 is 2.36 bits per heavy atom. The summed E-state index contributed by atoms with van der Waals surface area (Å²) in [6.45, 7) is 4.82. The first-order chi connectivity index (χ1) is 13.4. The molecule has 3 rings (SSSR count). The molecule has 9 heteroatoms. The highest BCUT2D eigenvalue weighted by Crippen LogP contribution is 2.22. The minimum atomic E-state index is -0.544. The standard InChI is InChI=1S/C19H20Cl2N4O3/c20-14-1-3-15(4-2-14)24-11-9-23(10-12-24)8-7-22-19(26)17-6-5-16(25(27)28)13-18(17)21/h1-6,13H,7-12H2,(H,22,26). The number of nitro benzene ring substituents is 1. The number of carbonyl (C=O) groups excluding carboxylic acids is 1. The lowest BCUT2D eigenvalue weighted by atomic mass is 10.2. The summed E-state index contributed by atoms with van der Waals surface area (Å²) in [7, 11) is 0. The van der Waals surface area contributed by atoms with E-state index >= 15 is 0 Å². The zero-order valence-electron chi connectivity index (χ0n) is 15.1. The Morgan fingerprint density at radius 1 is 1.07 bits per heavy atom. The number of halogens is 2. The van der Waals surface area contributed by atoms with Crippen LogP contribution in [0.1, 0.15) is 10.4 Å². The maximum Gasteiger partial charge on any atom is 0.270 e. The lowest BCUT2D eigenvalue weighted by Crippen LogP contribution is -2.48. The maximum absolute atomic E-state index is 12.2. The third-order valence-electron chi connectivity index (χ3n) is 4.69. The van der Waals surface area contributed by atoms with Gasteiger partial charge < -0.3 is 10.2 Å². The smallest absolute Gasteiger partial charge is 0.270 e. The van der Waals surface area contributed by atoms with Gasteiger partial charge in [0.15, 0.2) is 0 Å². The van der Waals surface area contributed by atoms with Gasteiger partial charge in [-0.05, 0) is 30.3 Å². The molecule has 0 bridgehead atoms. The maximum atomic E-state index is 12.2. The van der Waals surface area contributed by atoms with Crippen LogP contribution in [0.25, 0.3) is 0 Å². The topological polar surface area (TPSA) is 78.7 Å². The van der Waals surface area contributed by atoms with Crippen LogP contribution in [0.15, 0.2) is 42.5 Å². The molecule has 1 saturated heterocycles. The van der Waals surface area contributed by atoms with Gasteiger partial charge in [0.25, 0.3) is 11.6 Å². The van der Waals surface area contributed by atoms with Crippen LogP contribution in [-0.4, -0.2) is 55.0 Å². The van der Waals surface area contributed by atoms with Gasteiger partial charge >= 0.3 is 0 Å². The van der Waals surface area contributed by atoms with Crippen LogP contribution < -0.4 is 10.2 Å². The molecule has 1 aliphatic heterocycles. The molecule has 0 spiro atoms. The Balaban J connectivity index is 1.44. The zero-order chi connectivity index (χ0) is 20.1. The summed E-state index contributed by atoms with van der Waals surface area (Å²) in [5, 5.41) is 14.4. The van der Waals surface area contributed by atoms with Crippen molar-refractivity contribution >= 4 is 40.5 Å². The Kier molecular flexibility index (Phi) is 6.72. The minimum Gasteiger partial charge on any atom is -0.369 e. The third kappa shape index (κ3) is 5.13. The lowest BCUT2D eigenvalue weighted by molar-refractivity contribution is -0.384. The van der Waals surface area contributed by atoms with Crippen LogP contribution in [0.3, 0.4) is 0 Å². The Bertz CT molecular complexity index is 853. The molecule has 7 nitrogen and oxygen atoms in total. The van der Waals surface area contributed by atoms with Crippen molar-refractivity contribution in [3.63, 3.8) is 0 Å². The number of benzene rings is 2. The second-order valence-electron chi connectivity index (χ2n) is 6.48. The van der Waals surface area contributed by atoms with Gasteiger partial charge in [0.2, 0.25) is 0 Å². The number of nitrogens with one attached hydrogen (secondary N) is 1. The van der Waals surface area contributed by atoms with E-state index in [4.69, 9.17) is 23.2 Å². The predicted octanol–water partition coefficient (Wildman–Crippen LogP) is 3.45. The molecule has 1 aliphatic rings. The summed E-state index contributed by atoms with van der Waals surface area (Å²) in [6.07, 6.45) is 0. The summed E-state index contributed by atoms with van der Waals surface area (Å²) in [6, 6.07) is 11.7. The van der Waals surface area contributed by atoms with E-state index in [0.717, 1.165) is 43.4 Å². The number of non-ortho nitro benzene ring substituents is 1. The SMILES string of the molecule is O=C(NCCN1CCN(c2ccc(Cl)cc2)CC1)c1ccc([N+](=O)[O-])cc1Cl. The number of piperazine rings is 1. The largest absolute Gasteiger partial charge is 0.369 e. The zero-order valence-corrected chi connectivity index (χ0v) is 16.6. The van der Waals surface area contributed by atoms with Gasteiger partial charge in [0, 0.05) is 62.1 Å². The molecule has 0 aliphatic carbocycles. The van der Waals surface area contributed by atoms with Gasteiger partial charge in [0.1, 0.15) is 0 Å². The monoisotopic (exact) mass is 422 g/mol. The minimum absolute atomic E-state index is 0.0725. The highest BCUT2D eigenvalue weighted by Gasteiger charge is 2.18. The Labute approximate surface area is 173 Å². The Morgan fingerprint density at radius 2 is 1.75 bits per heavy atom. The van der Waals surface area contributed by atoms with E-state index in [1.807, 2.05) is 24.3 Å². The number of rotatable bonds is 6. The normalized spacial score (nSPS) is 14.7. The van der Waals surface area contributed by atoms with Crippen molar-refractivity contribution in [1.29, 1.82) is 0 Å². The molecule has 28 heavy (non-hydrogen) atoms. The summed E-state index contributed by atoms with van der Waals surface area (Å²) < 4.78 is 0. The molecule has 1 N–H and O–H groups in total. The van der Waals surface area contributed by atoms with Crippen molar-refractivity contribution in [1.82, 2.24) is 10.2 Å². The van der Waals surface area contributed by atoms with E-state index in [-0.39, 0.29) is 22.2 Å². The number of nitrogens with zero attached hydrogens (tertiary/aromatic N) is 3. The molecule has 0 atom stereocenters. The van der Waals surface area contributed by atoms with Gasteiger partial charge in [-0.3, -0.25) is 19.8 Å². The molecule has 1 amide bonds. The summed E-state index contributed by atoms with van der Waals surface area (Å²) in [5.74, 6) is -0.334. The molecule has 0 radical (unpaired) electrons. The first kappa shape index (κ1) is 20.4. The first-order valence-electron chi connectivity index (χ1n) is 8.89. The van der Waals surface area contributed by atoms with Gasteiger partial charge in [-0.2, -0.15) is 0 Å². The summed E-state index contributed by atoms with van der Waals surface area (Å²) in [5.41, 5.74) is 1.25. The van der Waals surface area contributed by atoms with Crippen LogP contribution in [-0.2, 0) is 0 Å². The quantitative estimate of drug-likeness (QED) is 0.569. The van der Waals surface area contributed by atoms with Crippen molar-refractivity contribution < 1.29 is 9.72 Å². The van der Waals surface area contributed by atoms with Crippen molar-refractivity contribution in [3.8, 4) is 0 Å². The molecule has 0 saturated carbocycles. The molecule has 148 valence electrons. The molecule has 1 fully saturated rings. The van der Waals surface area contributed by atoms with Crippen LogP contribution in [0, 0.1) is 10.1 Å². The highest BCUT2D eigenvalue weighted by atomic mass is 35.5. The number of hydrogen-bond acceptors (Lipinski definition) is 5. The fourth-order valence-corrected chi connectivity index (χ4v) is 3.49. The average Bonchev–Trinajstić information content (AvgIpc) is 2.69. The van der Waals surface area contributed by atoms with E-state index < -0.39 is 4.92 Å². The number of hydrogen-bond donors (Lipinski definition) is 1. The van der Waals surface area contributed by atoms with E-state index in [0.29, 0.717) is 6.54 Å². The second kappa shape index (κ2) is 9.23. The van der Waals surface area contributed by atoms with Gasteiger partial charge in [-0.1, -0.05) is 23.2 Å². The van der Waals surface area contributed by atoms with E-state index in [1.54, 1.807) is 0 Å². The Hall–Kier alpha value is -2.35. The summed E-state index contributed by atoms with van der Waals surface area (Å²) in [4.78, 5) is 27.0. The third-order valence-corrected chi connectivity index (χ3v) is 5.25. The number of carbonyl (C=O) groups is 1. The summed E-state index contributed by atoms with van der Waals surface area (Å²) >= 11 is 11.9. The van der Waals surface area contributed by atoms with Crippen LogP contribution in [0.4, 0.5) is 11.4 Å². The van der Waals surface area contributed by atoms with Gasteiger partial charge in [0.05, 0.1) is 15.5 Å². The van der Waals surface area contributed by atoms with Crippen LogP contribution in [0.2, 0.25) is 10.0 Å². The fraction of sp³-hybridized carbons (Fsp3) is 0.316. The fourth-order valence-electron chi connectivity index (χ4n) is 3.11. The van der Waals surface area contributed by atoms with Crippen molar-refractivity contribution in [2.75, 3.05) is 44.2 Å². The number of amides is 1. The lowest BCUT2D eigenvalue weighted by Gasteiger charge is -2.36.